The van der Waals surface area contributed by atoms with Crippen LogP contribution in [0.5, 0.6) is 5.75 Å². The summed E-state index contributed by atoms with van der Waals surface area (Å²) in [6.07, 6.45) is 6.30. The second kappa shape index (κ2) is 8.88. The van der Waals surface area contributed by atoms with Crippen LogP contribution in [0.3, 0.4) is 0 Å². The van der Waals surface area contributed by atoms with Gasteiger partial charge in [-0.05, 0) is 52.8 Å². The van der Waals surface area contributed by atoms with E-state index in [1.54, 1.807) is 12.1 Å². The molecule has 1 heterocycles. The lowest BCUT2D eigenvalue weighted by atomic mass is 9.86. The van der Waals surface area contributed by atoms with Crippen molar-refractivity contribution in [2.24, 2.45) is 0 Å². The average molecular weight is 423 g/mol. The van der Waals surface area contributed by atoms with Crippen molar-refractivity contribution in [3.05, 3.63) is 95.9 Å². The molecule has 162 valence electrons. The summed E-state index contributed by atoms with van der Waals surface area (Å²) < 4.78 is 2.17. The van der Waals surface area contributed by atoms with E-state index in [-0.39, 0.29) is 11.2 Å². The van der Waals surface area contributed by atoms with E-state index in [2.05, 4.69) is 99.1 Å². The Labute approximate surface area is 190 Å². The zero-order valence-electron chi connectivity index (χ0n) is 19.2. The number of phenols is 1. The standard InChI is InChI=1S/C29H30N2O/c1-5-31-20-27(24-11-15-25(16-12-24)29(2,3)4)30-28(31)19-8-21-6-9-22(10-7-21)23-13-17-26(32)18-14-23/h6-20,32H,5H2,1-4H3/b19-8+. The van der Waals surface area contributed by atoms with Crippen LogP contribution < -0.4 is 0 Å². The molecule has 0 atom stereocenters. The summed E-state index contributed by atoms with van der Waals surface area (Å²) in [7, 11) is 0. The zero-order valence-corrected chi connectivity index (χ0v) is 19.2. The molecule has 1 aromatic heterocycles. The Morgan fingerprint density at radius 1 is 0.781 bits per heavy atom. The van der Waals surface area contributed by atoms with Crippen LogP contribution in [0, 0.1) is 0 Å². The van der Waals surface area contributed by atoms with Crippen molar-refractivity contribution in [1.82, 2.24) is 9.55 Å². The van der Waals surface area contributed by atoms with Crippen LogP contribution in [0.2, 0.25) is 0 Å². The highest BCUT2D eigenvalue weighted by Crippen LogP contribution is 2.27. The predicted molar refractivity (Wildman–Crippen MR) is 135 cm³/mol. The fourth-order valence-electron chi connectivity index (χ4n) is 3.71. The summed E-state index contributed by atoms with van der Waals surface area (Å²) in [6, 6.07) is 24.4. The normalized spacial score (nSPS) is 11.9. The minimum Gasteiger partial charge on any atom is -0.508 e. The summed E-state index contributed by atoms with van der Waals surface area (Å²) in [4.78, 5) is 4.88. The largest absolute Gasteiger partial charge is 0.508 e. The van der Waals surface area contributed by atoms with Gasteiger partial charge in [-0.2, -0.15) is 0 Å². The summed E-state index contributed by atoms with van der Waals surface area (Å²) >= 11 is 0. The third-order valence-electron chi connectivity index (χ3n) is 5.73. The molecule has 0 saturated heterocycles. The van der Waals surface area contributed by atoms with Gasteiger partial charge in [-0.15, -0.1) is 0 Å². The molecule has 3 aromatic carbocycles. The molecular weight excluding hydrogens is 392 g/mol. The number of benzene rings is 3. The molecule has 32 heavy (non-hydrogen) atoms. The Bertz CT molecular complexity index is 1210. The van der Waals surface area contributed by atoms with Gasteiger partial charge in [0.1, 0.15) is 11.6 Å². The summed E-state index contributed by atoms with van der Waals surface area (Å²) in [6.45, 7) is 9.69. The maximum atomic E-state index is 9.47. The second-order valence-electron chi connectivity index (χ2n) is 9.10. The molecule has 0 saturated carbocycles. The number of aromatic nitrogens is 2. The Kier molecular flexibility index (Phi) is 6.00. The maximum Gasteiger partial charge on any atom is 0.133 e. The van der Waals surface area contributed by atoms with E-state index >= 15 is 0 Å². The molecule has 0 unspecified atom stereocenters. The van der Waals surface area contributed by atoms with Crippen molar-refractivity contribution < 1.29 is 5.11 Å². The minimum atomic E-state index is 0.146. The highest BCUT2D eigenvalue weighted by molar-refractivity contribution is 5.72. The number of hydrogen-bond donors (Lipinski definition) is 1. The number of phenolic OH excluding ortho intramolecular Hbond substituents is 1. The number of hydrogen-bond acceptors (Lipinski definition) is 2. The summed E-state index contributed by atoms with van der Waals surface area (Å²) in [5.74, 6) is 1.23. The van der Waals surface area contributed by atoms with Crippen LogP contribution in [0.4, 0.5) is 0 Å². The van der Waals surface area contributed by atoms with Gasteiger partial charge in [0.05, 0.1) is 5.69 Å². The first kappa shape index (κ1) is 21.6. The predicted octanol–water partition coefficient (Wildman–Crippen LogP) is 7.41. The van der Waals surface area contributed by atoms with Gasteiger partial charge in [0.2, 0.25) is 0 Å². The van der Waals surface area contributed by atoms with Gasteiger partial charge in [0.25, 0.3) is 0 Å². The Morgan fingerprint density at radius 2 is 1.34 bits per heavy atom. The van der Waals surface area contributed by atoms with Gasteiger partial charge in [-0.1, -0.05) is 87.5 Å². The molecule has 0 aliphatic heterocycles. The van der Waals surface area contributed by atoms with Crippen LogP contribution in [0.1, 0.15) is 44.6 Å². The van der Waals surface area contributed by atoms with Gasteiger partial charge >= 0.3 is 0 Å². The van der Waals surface area contributed by atoms with Crippen LogP contribution in [-0.4, -0.2) is 14.7 Å². The molecule has 4 aromatic rings. The SMILES string of the molecule is CCn1cc(-c2ccc(C(C)(C)C)cc2)nc1/C=C/c1ccc(-c2ccc(O)cc2)cc1. The van der Waals surface area contributed by atoms with E-state index in [0.29, 0.717) is 0 Å². The molecular formula is C29H30N2O. The molecule has 0 radical (unpaired) electrons. The van der Waals surface area contributed by atoms with Gasteiger partial charge in [0.15, 0.2) is 0 Å². The first-order valence-corrected chi connectivity index (χ1v) is 11.1. The molecule has 3 heteroatoms. The van der Waals surface area contributed by atoms with Crippen LogP contribution in [0.15, 0.2) is 79.0 Å². The van der Waals surface area contributed by atoms with Crippen molar-refractivity contribution in [2.75, 3.05) is 0 Å². The fraction of sp³-hybridized carbons (Fsp3) is 0.207. The lowest BCUT2D eigenvalue weighted by Gasteiger charge is -2.18. The van der Waals surface area contributed by atoms with Crippen molar-refractivity contribution in [2.45, 2.75) is 39.7 Å². The van der Waals surface area contributed by atoms with Crippen LogP contribution >= 0.6 is 0 Å². The molecule has 0 aliphatic rings. The van der Waals surface area contributed by atoms with E-state index in [1.807, 2.05) is 12.1 Å². The van der Waals surface area contributed by atoms with Gasteiger partial charge in [0, 0.05) is 18.3 Å². The Balaban J connectivity index is 1.54. The molecule has 4 rings (SSSR count). The first-order chi connectivity index (χ1) is 15.3. The zero-order chi connectivity index (χ0) is 22.7. The number of rotatable bonds is 5. The van der Waals surface area contributed by atoms with E-state index in [1.165, 1.54) is 5.56 Å². The van der Waals surface area contributed by atoms with Crippen LogP contribution in [0.25, 0.3) is 34.5 Å². The smallest absolute Gasteiger partial charge is 0.133 e. The van der Waals surface area contributed by atoms with Gasteiger partial charge < -0.3 is 9.67 Å². The van der Waals surface area contributed by atoms with E-state index in [4.69, 9.17) is 4.98 Å². The quantitative estimate of drug-likeness (QED) is 0.363. The minimum absolute atomic E-state index is 0.146. The lowest BCUT2D eigenvalue weighted by molar-refractivity contribution is 0.475. The number of aromatic hydroxyl groups is 1. The lowest BCUT2D eigenvalue weighted by Crippen LogP contribution is -2.10. The van der Waals surface area contributed by atoms with E-state index < -0.39 is 0 Å². The number of imidazole rings is 1. The van der Waals surface area contributed by atoms with Crippen molar-refractivity contribution in [3.8, 4) is 28.1 Å². The first-order valence-electron chi connectivity index (χ1n) is 11.1. The molecule has 0 fully saturated rings. The number of nitrogens with zero attached hydrogens (tertiary/aromatic N) is 2. The summed E-state index contributed by atoms with van der Waals surface area (Å²) in [5.41, 5.74) is 6.93. The van der Waals surface area contributed by atoms with Crippen molar-refractivity contribution in [1.29, 1.82) is 0 Å². The average Bonchev–Trinajstić information content (AvgIpc) is 3.21. The second-order valence-corrected chi connectivity index (χ2v) is 9.10. The summed E-state index contributed by atoms with van der Waals surface area (Å²) in [5, 5.41) is 9.47. The topological polar surface area (TPSA) is 38.0 Å². The van der Waals surface area contributed by atoms with Crippen molar-refractivity contribution in [3.63, 3.8) is 0 Å². The molecule has 0 spiro atoms. The fourth-order valence-corrected chi connectivity index (χ4v) is 3.71. The highest BCUT2D eigenvalue weighted by Gasteiger charge is 2.14. The molecule has 0 bridgehead atoms. The van der Waals surface area contributed by atoms with E-state index in [9.17, 15) is 5.11 Å². The van der Waals surface area contributed by atoms with E-state index in [0.717, 1.165) is 40.3 Å². The van der Waals surface area contributed by atoms with Crippen LogP contribution in [-0.2, 0) is 12.0 Å². The third kappa shape index (κ3) is 4.83. The monoisotopic (exact) mass is 422 g/mol. The van der Waals surface area contributed by atoms with Gasteiger partial charge in [-0.3, -0.25) is 0 Å². The van der Waals surface area contributed by atoms with Gasteiger partial charge in [-0.25, -0.2) is 4.98 Å². The Hall–Kier alpha value is -3.59. The Morgan fingerprint density at radius 3 is 1.91 bits per heavy atom. The maximum absolute atomic E-state index is 9.47. The third-order valence-corrected chi connectivity index (χ3v) is 5.73. The number of aryl methyl sites for hydroxylation is 1. The molecule has 0 amide bonds. The molecule has 1 N–H and O–H groups in total. The van der Waals surface area contributed by atoms with Crippen molar-refractivity contribution >= 4 is 12.2 Å². The molecule has 3 nitrogen and oxygen atoms in total. The molecule has 0 aliphatic carbocycles. The highest BCUT2D eigenvalue weighted by atomic mass is 16.3.